The van der Waals surface area contributed by atoms with E-state index in [1.165, 1.54) is 29.5 Å². The van der Waals surface area contributed by atoms with E-state index >= 15 is 0 Å². The summed E-state index contributed by atoms with van der Waals surface area (Å²) in [5.41, 5.74) is 3.65. The highest BCUT2D eigenvalue weighted by Gasteiger charge is 2.41. The van der Waals surface area contributed by atoms with Gasteiger partial charge in [-0.3, -0.25) is 4.79 Å². The summed E-state index contributed by atoms with van der Waals surface area (Å²) >= 11 is 5.81. The van der Waals surface area contributed by atoms with Crippen LogP contribution in [-0.2, 0) is 10.2 Å². The number of hydrogen-bond acceptors (Lipinski definition) is 4. The van der Waals surface area contributed by atoms with Gasteiger partial charge in [-0.1, -0.05) is 35.9 Å². The summed E-state index contributed by atoms with van der Waals surface area (Å²) in [5.74, 6) is -0.324. The Bertz CT molecular complexity index is 1090. The second-order valence-corrected chi connectivity index (χ2v) is 10.6. The van der Waals surface area contributed by atoms with Crippen molar-refractivity contribution in [1.82, 2.24) is 9.80 Å². The number of likely N-dealkylation sites (tertiary alicyclic amines) is 2. The molecule has 5 nitrogen and oxygen atoms in total. The zero-order valence-corrected chi connectivity index (χ0v) is 20.7. The van der Waals surface area contributed by atoms with Crippen molar-refractivity contribution in [1.29, 1.82) is 0 Å². The van der Waals surface area contributed by atoms with E-state index in [4.69, 9.17) is 11.6 Å². The van der Waals surface area contributed by atoms with Crippen molar-refractivity contribution < 1.29 is 14.3 Å². The maximum atomic E-state index is 13.3. The first-order chi connectivity index (χ1) is 16.9. The number of nitrogens with one attached hydrogen (secondary N) is 1. The van der Waals surface area contributed by atoms with Crippen molar-refractivity contribution >= 4 is 29.3 Å². The van der Waals surface area contributed by atoms with Crippen LogP contribution in [-0.4, -0.2) is 66.2 Å². The summed E-state index contributed by atoms with van der Waals surface area (Å²) in [6.07, 6.45) is 6.64. The highest BCUT2D eigenvalue weighted by molar-refractivity contribution is 6.30. The van der Waals surface area contributed by atoms with Gasteiger partial charge in [0.1, 0.15) is 5.82 Å². The van der Waals surface area contributed by atoms with Gasteiger partial charge in [0, 0.05) is 43.4 Å². The van der Waals surface area contributed by atoms with Crippen molar-refractivity contribution in [3.63, 3.8) is 0 Å². The van der Waals surface area contributed by atoms with Gasteiger partial charge in [0.15, 0.2) is 0 Å². The zero-order valence-electron chi connectivity index (χ0n) is 19.9. The van der Waals surface area contributed by atoms with Gasteiger partial charge in [0.05, 0.1) is 11.1 Å². The van der Waals surface area contributed by atoms with Gasteiger partial charge in [-0.15, -0.1) is 0 Å². The molecule has 0 aliphatic carbocycles. The first kappa shape index (κ1) is 24.3. The van der Waals surface area contributed by atoms with Gasteiger partial charge in [-0.05, 0) is 80.1 Å². The van der Waals surface area contributed by atoms with Crippen LogP contribution in [0.15, 0.2) is 48.5 Å². The number of rotatable bonds is 5. The number of nitrogens with zero attached hydrogens (tertiary/aromatic N) is 2. The van der Waals surface area contributed by atoms with Crippen LogP contribution in [0.3, 0.4) is 0 Å². The summed E-state index contributed by atoms with van der Waals surface area (Å²) in [5, 5.41) is 14.6. The Morgan fingerprint density at radius 3 is 2.66 bits per heavy atom. The van der Waals surface area contributed by atoms with E-state index in [0.29, 0.717) is 25.2 Å². The van der Waals surface area contributed by atoms with Gasteiger partial charge in [-0.25, -0.2) is 4.39 Å². The van der Waals surface area contributed by atoms with E-state index in [1.807, 2.05) is 4.90 Å². The van der Waals surface area contributed by atoms with E-state index in [0.717, 1.165) is 45.3 Å². The second kappa shape index (κ2) is 10.3. The van der Waals surface area contributed by atoms with E-state index in [1.54, 1.807) is 12.1 Å². The molecule has 2 N–H and O–H groups in total. The average molecular weight is 498 g/mol. The minimum Gasteiger partial charge on any atom is -0.392 e. The SMILES string of the molecule is O=C(C=Cc1ccc(F)c(Cl)c1)N1CCC(C(O)CN2CCC3(CC2)CNc2ccccc23)CC1. The molecule has 2 aromatic rings. The van der Waals surface area contributed by atoms with Crippen LogP contribution in [0.4, 0.5) is 10.1 Å². The number of fused-ring (bicyclic) bond motifs is 2. The molecule has 1 amide bonds. The molecule has 0 radical (unpaired) electrons. The van der Waals surface area contributed by atoms with Crippen LogP contribution in [0, 0.1) is 11.7 Å². The number of anilines is 1. The topological polar surface area (TPSA) is 55.8 Å². The number of piperidine rings is 2. The molecule has 3 aliphatic rings. The minimum absolute atomic E-state index is 0.0444. The van der Waals surface area contributed by atoms with Crippen LogP contribution >= 0.6 is 11.6 Å². The smallest absolute Gasteiger partial charge is 0.246 e. The number of carbonyl (C=O) groups excluding carboxylic acids is 1. The molecule has 1 atom stereocenters. The monoisotopic (exact) mass is 497 g/mol. The Morgan fingerprint density at radius 1 is 1.17 bits per heavy atom. The fourth-order valence-corrected chi connectivity index (χ4v) is 6.07. The number of aliphatic hydroxyl groups is 1. The number of benzene rings is 2. The van der Waals surface area contributed by atoms with E-state index in [-0.39, 0.29) is 28.4 Å². The fraction of sp³-hybridized carbons (Fsp3) is 0.464. The molecule has 7 heteroatoms. The van der Waals surface area contributed by atoms with Crippen molar-refractivity contribution in [2.45, 2.75) is 37.2 Å². The maximum Gasteiger partial charge on any atom is 0.246 e. The number of halogens is 2. The van der Waals surface area contributed by atoms with E-state index in [2.05, 4.69) is 34.5 Å². The molecule has 5 rings (SSSR count). The summed E-state index contributed by atoms with van der Waals surface area (Å²) in [7, 11) is 0. The van der Waals surface area contributed by atoms with Crippen LogP contribution in [0.1, 0.15) is 36.8 Å². The molecule has 2 fully saturated rings. The third-order valence-corrected chi connectivity index (χ3v) is 8.42. The highest BCUT2D eigenvalue weighted by Crippen LogP contribution is 2.43. The molecular formula is C28H33ClFN3O2. The van der Waals surface area contributed by atoms with Crippen molar-refractivity contribution in [2.24, 2.45) is 5.92 Å². The lowest BCUT2D eigenvalue weighted by Crippen LogP contribution is -2.48. The van der Waals surface area contributed by atoms with Crippen molar-refractivity contribution in [2.75, 3.05) is 44.6 Å². The lowest BCUT2D eigenvalue weighted by Gasteiger charge is -2.41. The fourth-order valence-electron chi connectivity index (χ4n) is 5.88. The molecule has 1 unspecified atom stereocenters. The molecule has 35 heavy (non-hydrogen) atoms. The van der Waals surface area contributed by atoms with Gasteiger partial charge in [-0.2, -0.15) is 0 Å². The highest BCUT2D eigenvalue weighted by atomic mass is 35.5. The minimum atomic E-state index is -0.472. The molecule has 1 spiro atoms. The third-order valence-electron chi connectivity index (χ3n) is 8.13. The van der Waals surface area contributed by atoms with Gasteiger partial charge >= 0.3 is 0 Å². The molecule has 0 bridgehead atoms. The summed E-state index contributed by atoms with van der Waals surface area (Å²) in [4.78, 5) is 16.8. The van der Waals surface area contributed by atoms with E-state index < -0.39 is 5.82 Å². The molecule has 186 valence electrons. The first-order valence-corrected chi connectivity index (χ1v) is 13.0. The lowest BCUT2D eigenvalue weighted by molar-refractivity contribution is -0.128. The Balaban J connectivity index is 1.07. The molecule has 3 heterocycles. The molecular weight excluding hydrogens is 465 g/mol. The molecule has 0 aromatic heterocycles. The lowest BCUT2D eigenvalue weighted by atomic mass is 9.74. The quantitative estimate of drug-likeness (QED) is 0.595. The standard InChI is InChI=1S/C28H33ClFN3O2/c29-23-17-20(5-7-24(23)30)6-8-27(35)33-13-9-21(10-14-33)26(34)18-32-15-11-28(12-16-32)19-31-25-4-2-1-3-22(25)28/h1-8,17,21,26,31,34H,9-16,18-19H2. The zero-order chi connectivity index (χ0) is 24.4. The number of aliphatic hydroxyl groups excluding tert-OH is 1. The normalized spacial score (nSPS) is 21.3. The van der Waals surface area contributed by atoms with E-state index in [9.17, 15) is 14.3 Å². The van der Waals surface area contributed by atoms with Crippen molar-refractivity contribution in [3.8, 4) is 0 Å². The summed E-state index contributed by atoms with van der Waals surface area (Å²) < 4.78 is 13.3. The third kappa shape index (κ3) is 5.25. The molecule has 2 aromatic carbocycles. The predicted octanol–water partition coefficient (Wildman–Crippen LogP) is 4.55. The Morgan fingerprint density at radius 2 is 1.91 bits per heavy atom. The van der Waals surface area contributed by atoms with Crippen LogP contribution in [0.2, 0.25) is 5.02 Å². The Kier molecular flexibility index (Phi) is 7.14. The molecule has 3 aliphatic heterocycles. The second-order valence-electron chi connectivity index (χ2n) is 10.2. The average Bonchev–Trinajstić information content (AvgIpc) is 3.24. The van der Waals surface area contributed by atoms with Crippen molar-refractivity contribution in [3.05, 3.63) is 70.5 Å². The molecule has 2 saturated heterocycles. The van der Waals surface area contributed by atoms with Crippen LogP contribution in [0.25, 0.3) is 6.08 Å². The maximum absolute atomic E-state index is 13.3. The first-order valence-electron chi connectivity index (χ1n) is 12.6. The summed E-state index contributed by atoms with van der Waals surface area (Å²) in [6.45, 7) is 5.00. The number of hydrogen-bond donors (Lipinski definition) is 2. The number of amides is 1. The molecule has 0 saturated carbocycles. The number of carbonyl (C=O) groups is 1. The predicted molar refractivity (Wildman–Crippen MR) is 138 cm³/mol. The number of para-hydroxylation sites is 1. The number of β-amino-alcohol motifs (C(OH)–C–C–N with tert-alkyl or cyclic N) is 1. The van der Waals surface area contributed by atoms with Crippen LogP contribution in [0.5, 0.6) is 0 Å². The van der Waals surface area contributed by atoms with Gasteiger partial charge < -0.3 is 20.2 Å². The van der Waals surface area contributed by atoms with Gasteiger partial charge in [0.25, 0.3) is 0 Å². The van der Waals surface area contributed by atoms with Gasteiger partial charge in [0.2, 0.25) is 5.91 Å². The van der Waals surface area contributed by atoms with Crippen LogP contribution < -0.4 is 5.32 Å². The Labute approximate surface area is 211 Å². The summed E-state index contributed by atoms with van der Waals surface area (Å²) in [6, 6.07) is 13.1. The Hall–Kier alpha value is -2.41. The largest absolute Gasteiger partial charge is 0.392 e.